The highest BCUT2D eigenvalue weighted by atomic mass is 32.2. The first-order chi connectivity index (χ1) is 17.5. The summed E-state index contributed by atoms with van der Waals surface area (Å²) in [7, 11) is 1.59. The van der Waals surface area contributed by atoms with Crippen LogP contribution in [0.4, 0.5) is 5.69 Å². The lowest BCUT2D eigenvalue weighted by Gasteiger charge is -2.23. The van der Waals surface area contributed by atoms with E-state index in [0.29, 0.717) is 40.3 Å². The Balaban J connectivity index is 1.43. The average molecular weight is 500 g/mol. The van der Waals surface area contributed by atoms with Crippen molar-refractivity contribution < 1.29 is 24.2 Å². The minimum absolute atomic E-state index is 0.0694. The minimum atomic E-state index is -1.06. The number of aromatic carboxylic acids is 1. The number of fused-ring (bicyclic) bond motifs is 2. The lowest BCUT2D eigenvalue weighted by Crippen LogP contribution is -2.15. The molecular weight excluding hydrogens is 478 g/mol. The Morgan fingerprint density at radius 1 is 1.06 bits per heavy atom. The Morgan fingerprint density at radius 2 is 1.86 bits per heavy atom. The van der Waals surface area contributed by atoms with Crippen molar-refractivity contribution in [2.45, 2.75) is 11.4 Å². The number of thioether (sulfide) groups is 1. The summed E-state index contributed by atoms with van der Waals surface area (Å²) in [6.07, 6.45) is 0.529. The number of rotatable bonds is 7. The zero-order chi connectivity index (χ0) is 25.1. The topological polar surface area (TPSA) is 111 Å². The Labute approximate surface area is 211 Å². The second kappa shape index (κ2) is 10.1. The van der Waals surface area contributed by atoms with Gasteiger partial charge in [0.05, 0.1) is 24.0 Å². The second-order valence-electron chi connectivity index (χ2n) is 7.95. The molecule has 0 saturated heterocycles. The zero-order valence-corrected chi connectivity index (χ0v) is 20.0. The molecule has 36 heavy (non-hydrogen) atoms. The van der Waals surface area contributed by atoms with Gasteiger partial charge in [0, 0.05) is 23.2 Å². The van der Waals surface area contributed by atoms with Gasteiger partial charge >= 0.3 is 5.97 Å². The molecule has 9 heteroatoms. The Kier molecular flexibility index (Phi) is 6.55. The molecule has 5 rings (SSSR count). The molecule has 1 aromatic heterocycles. The van der Waals surface area contributed by atoms with Gasteiger partial charge in [0.2, 0.25) is 11.8 Å². The molecule has 1 amide bonds. The summed E-state index contributed by atoms with van der Waals surface area (Å²) in [5.74, 6) is 0.892. The number of carbonyl (C=O) groups is 2. The van der Waals surface area contributed by atoms with Gasteiger partial charge in [-0.25, -0.2) is 9.78 Å². The lowest BCUT2D eigenvalue weighted by atomic mass is 10.0. The fraction of sp³-hybridized carbons (Fsp3) is 0.111. The number of nitrogens with one attached hydrogen (secondary N) is 1. The zero-order valence-electron chi connectivity index (χ0n) is 19.2. The summed E-state index contributed by atoms with van der Waals surface area (Å²) in [4.78, 5) is 33.4. The number of ether oxygens (including phenoxy) is 2. The minimum Gasteiger partial charge on any atom is -0.493 e. The van der Waals surface area contributed by atoms with E-state index in [-0.39, 0.29) is 17.2 Å². The molecule has 0 bridgehead atoms. The number of aromatic nitrogens is 2. The molecule has 0 fully saturated rings. The van der Waals surface area contributed by atoms with Crippen LogP contribution in [0.2, 0.25) is 0 Å². The highest BCUT2D eigenvalue weighted by Crippen LogP contribution is 2.44. The number of carbonyl (C=O) groups excluding carboxylic acids is 1. The largest absolute Gasteiger partial charge is 0.493 e. The molecule has 2 N–H and O–H groups in total. The van der Waals surface area contributed by atoms with Gasteiger partial charge in [-0.05, 0) is 24.3 Å². The molecule has 0 radical (unpaired) electrons. The van der Waals surface area contributed by atoms with Crippen LogP contribution < -0.4 is 14.8 Å². The van der Waals surface area contributed by atoms with Crippen molar-refractivity contribution in [1.82, 2.24) is 9.97 Å². The number of nitrogens with zero attached hydrogens (tertiary/aromatic N) is 2. The van der Waals surface area contributed by atoms with E-state index in [1.54, 1.807) is 19.2 Å². The van der Waals surface area contributed by atoms with Crippen molar-refractivity contribution in [3.8, 4) is 28.8 Å². The molecule has 4 aromatic rings. The molecule has 2 heterocycles. The van der Waals surface area contributed by atoms with Crippen molar-refractivity contribution in [1.29, 1.82) is 0 Å². The van der Waals surface area contributed by atoms with Gasteiger partial charge in [0.1, 0.15) is 5.03 Å². The molecule has 0 saturated carbocycles. The second-order valence-corrected chi connectivity index (χ2v) is 8.92. The number of carboxylic acid groups (broad SMARTS) is 1. The molecule has 1 aliphatic heterocycles. The van der Waals surface area contributed by atoms with E-state index >= 15 is 0 Å². The predicted molar refractivity (Wildman–Crippen MR) is 136 cm³/mol. The van der Waals surface area contributed by atoms with Crippen molar-refractivity contribution in [3.63, 3.8) is 0 Å². The highest BCUT2D eigenvalue weighted by molar-refractivity contribution is 8.00. The van der Waals surface area contributed by atoms with Gasteiger partial charge in [-0.3, -0.25) is 4.79 Å². The van der Waals surface area contributed by atoms with Gasteiger partial charge in [-0.15, -0.1) is 0 Å². The van der Waals surface area contributed by atoms with Gasteiger partial charge < -0.3 is 19.9 Å². The van der Waals surface area contributed by atoms with E-state index in [2.05, 4.69) is 10.3 Å². The maximum atomic E-state index is 12.7. The first kappa shape index (κ1) is 23.4. The summed E-state index contributed by atoms with van der Waals surface area (Å²) in [6.45, 7) is 0. The standard InChI is InChI=1S/C27H21N3O5S/c1-34-21-12-6-9-17-14-20-25(35-23(17)21)29-24(16-7-3-2-4-8-16)30-26(20)36-15-22(31)28-19-11-5-10-18(13-19)27(32)33/h2-13H,14-15H2,1H3,(H,28,31)(H,32,33). The number of carboxylic acids is 1. The molecule has 1 aliphatic rings. The van der Waals surface area contributed by atoms with Crippen molar-refractivity contribution in [3.05, 3.63) is 89.5 Å². The van der Waals surface area contributed by atoms with Crippen LogP contribution in [0.5, 0.6) is 17.4 Å². The van der Waals surface area contributed by atoms with E-state index in [1.165, 1.54) is 23.9 Å². The summed E-state index contributed by atoms with van der Waals surface area (Å²) in [6, 6.07) is 21.4. The molecule has 0 unspecified atom stereocenters. The number of hydrogen-bond acceptors (Lipinski definition) is 7. The van der Waals surface area contributed by atoms with E-state index in [4.69, 9.17) is 14.5 Å². The Morgan fingerprint density at radius 3 is 2.64 bits per heavy atom. The maximum Gasteiger partial charge on any atom is 0.335 e. The third-order valence-electron chi connectivity index (χ3n) is 5.54. The van der Waals surface area contributed by atoms with Crippen molar-refractivity contribution >= 4 is 29.3 Å². The number of hydrogen-bond donors (Lipinski definition) is 2. The first-order valence-corrected chi connectivity index (χ1v) is 12.1. The Hall–Kier alpha value is -4.37. The summed E-state index contributed by atoms with van der Waals surface area (Å²) < 4.78 is 11.7. The number of para-hydroxylation sites is 1. The van der Waals surface area contributed by atoms with Crippen LogP contribution in [0, 0.1) is 0 Å². The fourth-order valence-corrected chi connectivity index (χ4v) is 4.67. The maximum absolute atomic E-state index is 12.7. The Bertz CT molecular complexity index is 1460. The van der Waals surface area contributed by atoms with Crippen LogP contribution in [0.25, 0.3) is 11.4 Å². The van der Waals surface area contributed by atoms with E-state index in [1.807, 2.05) is 48.5 Å². The highest BCUT2D eigenvalue weighted by Gasteiger charge is 2.26. The number of anilines is 1. The van der Waals surface area contributed by atoms with E-state index in [9.17, 15) is 14.7 Å². The van der Waals surface area contributed by atoms with Crippen LogP contribution >= 0.6 is 11.8 Å². The van der Waals surface area contributed by atoms with Crippen LogP contribution in [0.1, 0.15) is 21.5 Å². The average Bonchev–Trinajstić information content (AvgIpc) is 2.90. The predicted octanol–water partition coefficient (Wildman–Crippen LogP) is 5.28. The molecule has 0 atom stereocenters. The third-order valence-corrected chi connectivity index (χ3v) is 6.56. The summed E-state index contributed by atoms with van der Waals surface area (Å²) in [5.41, 5.74) is 3.07. The number of methoxy groups -OCH3 is 1. The molecule has 8 nitrogen and oxygen atoms in total. The van der Waals surface area contributed by atoms with E-state index in [0.717, 1.165) is 16.7 Å². The molecule has 0 spiro atoms. The van der Waals surface area contributed by atoms with Crippen LogP contribution in [-0.2, 0) is 11.2 Å². The fourth-order valence-electron chi connectivity index (χ4n) is 3.84. The quantitative estimate of drug-likeness (QED) is 0.230. The normalized spacial score (nSPS) is 11.6. The van der Waals surface area contributed by atoms with Gasteiger partial charge in [0.25, 0.3) is 0 Å². The van der Waals surface area contributed by atoms with Crippen molar-refractivity contribution in [2.24, 2.45) is 0 Å². The van der Waals surface area contributed by atoms with E-state index < -0.39 is 5.97 Å². The smallest absolute Gasteiger partial charge is 0.335 e. The van der Waals surface area contributed by atoms with Crippen LogP contribution in [-0.4, -0.2) is 39.8 Å². The van der Waals surface area contributed by atoms with Crippen molar-refractivity contribution in [2.75, 3.05) is 18.2 Å². The molecular formula is C27H21N3O5S. The first-order valence-electron chi connectivity index (χ1n) is 11.1. The van der Waals surface area contributed by atoms with Gasteiger partial charge in [0.15, 0.2) is 17.3 Å². The summed E-state index contributed by atoms with van der Waals surface area (Å²) >= 11 is 1.28. The van der Waals surface area contributed by atoms with Gasteiger partial charge in [-0.1, -0.05) is 60.3 Å². The SMILES string of the molecule is COc1cccc2c1Oc1nc(-c3ccccc3)nc(SCC(=O)Nc3cccc(C(=O)O)c3)c1C2. The van der Waals surface area contributed by atoms with Crippen LogP contribution in [0.3, 0.4) is 0 Å². The molecule has 0 aliphatic carbocycles. The molecule has 3 aromatic carbocycles. The van der Waals surface area contributed by atoms with Gasteiger partial charge in [-0.2, -0.15) is 4.98 Å². The molecule has 180 valence electrons. The summed E-state index contributed by atoms with van der Waals surface area (Å²) in [5, 5.41) is 12.6. The number of benzene rings is 3. The number of amides is 1. The lowest BCUT2D eigenvalue weighted by molar-refractivity contribution is -0.113. The third kappa shape index (κ3) is 4.87. The van der Waals surface area contributed by atoms with Crippen LogP contribution in [0.15, 0.2) is 77.8 Å². The monoisotopic (exact) mass is 499 g/mol.